The van der Waals surface area contributed by atoms with Crippen molar-refractivity contribution in [1.82, 2.24) is 4.90 Å². The first-order chi connectivity index (χ1) is 12.7. The zero-order valence-corrected chi connectivity index (χ0v) is 16.9. The van der Waals surface area contributed by atoms with E-state index in [-0.39, 0.29) is 5.97 Å². The minimum atomic E-state index is -4.67. The van der Waals surface area contributed by atoms with Crippen molar-refractivity contribution < 1.29 is 27.1 Å². The Bertz CT molecular complexity index is 875. The molecular formula is C17H20ClNO6S2. The lowest BCUT2D eigenvalue weighted by molar-refractivity contribution is -0.150. The van der Waals surface area contributed by atoms with E-state index in [1.807, 2.05) is 31.2 Å². The summed E-state index contributed by atoms with van der Waals surface area (Å²) in [6, 6.07) is 9.22. The Labute approximate surface area is 167 Å². The van der Waals surface area contributed by atoms with E-state index in [9.17, 15) is 4.79 Å². The Morgan fingerprint density at radius 2 is 2.00 bits per heavy atom. The van der Waals surface area contributed by atoms with Gasteiger partial charge in [0.25, 0.3) is 0 Å². The van der Waals surface area contributed by atoms with Crippen LogP contribution in [0.15, 0.2) is 35.7 Å². The Kier molecular flexibility index (Phi) is 7.78. The molecule has 0 aliphatic carbocycles. The summed E-state index contributed by atoms with van der Waals surface area (Å²) in [6.07, 6.45) is 0.966. The number of carbonyl (C=O) groups is 1. The number of ether oxygens (including phenoxy) is 1. The molecule has 0 fully saturated rings. The second-order valence-electron chi connectivity index (χ2n) is 5.71. The highest BCUT2D eigenvalue weighted by Gasteiger charge is 2.33. The molecule has 2 heterocycles. The third-order valence-corrected chi connectivity index (χ3v) is 5.28. The summed E-state index contributed by atoms with van der Waals surface area (Å²) in [5.41, 5.74) is 2.12. The highest BCUT2D eigenvalue weighted by atomic mass is 35.5. The molecule has 0 saturated carbocycles. The van der Waals surface area contributed by atoms with Crippen molar-refractivity contribution in [3.63, 3.8) is 0 Å². The van der Waals surface area contributed by atoms with Crippen LogP contribution in [0.25, 0.3) is 0 Å². The summed E-state index contributed by atoms with van der Waals surface area (Å²) in [5, 5.41) is 2.72. The highest BCUT2D eigenvalue weighted by molar-refractivity contribution is 7.79. The van der Waals surface area contributed by atoms with Gasteiger partial charge in [0.15, 0.2) is 0 Å². The number of nitrogens with zero attached hydrogens (tertiary/aromatic N) is 1. The van der Waals surface area contributed by atoms with Crippen molar-refractivity contribution >= 4 is 39.3 Å². The summed E-state index contributed by atoms with van der Waals surface area (Å²) in [6.45, 7) is 3.79. The van der Waals surface area contributed by atoms with E-state index in [0.717, 1.165) is 25.1 Å². The summed E-state index contributed by atoms with van der Waals surface area (Å²) >= 11 is 8.12. The quantitative estimate of drug-likeness (QED) is 0.562. The second kappa shape index (κ2) is 9.63. The van der Waals surface area contributed by atoms with Gasteiger partial charge >= 0.3 is 16.4 Å². The minimum Gasteiger partial charge on any atom is -0.465 e. The number of fused-ring (bicyclic) bond motifs is 1. The molecule has 0 saturated heterocycles. The predicted octanol–water partition coefficient (Wildman–Crippen LogP) is 3.41. The first kappa shape index (κ1) is 21.8. The van der Waals surface area contributed by atoms with Crippen molar-refractivity contribution in [3.8, 4) is 0 Å². The maximum Gasteiger partial charge on any atom is 0.394 e. The standard InChI is InChI=1S/C17H18ClNO2S.H2O4S/c1-2-21-17(20)16(13-5-3-4-6-14(13)18)19-9-7-15-12(11-19)8-10-22-15;1-5(2,3)4/h3-6,8,10,16H,2,7,9,11H2,1H3;(H2,1,2,3,4)/t16-;/m0./s1. The molecule has 1 aliphatic rings. The van der Waals surface area contributed by atoms with Gasteiger partial charge in [0.1, 0.15) is 6.04 Å². The van der Waals surface area contributed by atoms with Gasteiger partial charge in [-0.3, -0.25) is 14.0 Å². The lowest BCUT2D eigenvalue weighted by atomic mass is 10.0. The number of hydrogen-bond acceptors (Lipinski definition) is 6. The van der Waals surface area contributed by atoms with E-state index >= 15 is 0 Å². The molecule has 10 heteroatoms. The van der Waals surface area contributed by atoms with Gasteiger partial charge in [0.05, 0.1) is 6.61 Å². The van der Waals surface area contributed by atoms with Crippen LogP contribution in [0.1, 0.15) is 29.0 Å². The number of hydrogen-bond donors (Lipinski definition) is 2. The molecule has 0 bridgehead atoms. The van der Waals surface area contributed by atoms with Gasteiger partial charge < -0.3 is 4.74 Å². The molecule has 27 heavy (non-hydrogen) atoms. The van der Waals surface area contributed by atoms with Crippen LogP contribution in [0, 0.1) is 0 Å². The summed E-state index contributed by atoms with van der Waals surface area (Å²) in [5.74, 6) is -0.228. The number of benzene rings is 1. The van der Waals surface area contributed by atoms with Crippen LogP contribution >= 0.6 is 22.9 Å². The second-order valence-corrected chi connectivity index (χ2v) is 8.02. The molecule has 0 unspecified atom stereocenters. The van der Waals surface area contributed by atoms with Crippen LogP contribution in [0.3, 0.4) is 0 Å². The van der Waals surface area contributed by atoms with Crippen molar-refractivity contribution in [3.05, 3.63) is 56.7 Å². The van der Waals surface area contributed by atoms with Crippen LogP contribution in [0.2, 0.25) is 5.02 Å². The molecule has 2 N–H and O–H groups in total. The first-order valence-electron chi connectivity index (χ1n) is 8.11. The molecular weight excluding hydrogens is 414 g/mol. The van der Waals surface area contributed by atoms with Crippen molar-refractivity contribution in [2.24, 2.45) is 0 Å². The van der Waals surface area contributed by atoms with Crippen LogP contribution in [0.5, 0.6) is 0 Å². The Morgan fingerprint density at radius 1 is 1.33 bits per heavy atom. The third-order valence-electron chi connectivity index (χ3n) is 3.91. The van der Waals surface area contributed by atoms with E-state index in [4.69, 9.17) is 33.9 Å². The van der Waals surface area contributed by atoms with E-state index in [1.54, 1.807) is 11.3 Å². The summed E-state index contributed by atoms with van der Waals surface area (Å²) < 4.78 is 36.9. The fourth-order valence-corrected chi connectivity index (χ4v) is 4.01. The van der Waals surface area contributed by atoms with Gasteiger partial charge in [-0.25, -0.2) is 4.79 Å². The molecule has 0 radical (unpaired) electrons. The largest absolute Gasteiger partial charge is 0.465 e. The average molecular weight is 434 g/mol. The van der Waals surface area contributed by atoms with Crippen molar-refractivity contribution in [2.45, 2.75) is 25.9 Å². The molecule has 7 nitrogen and oxygen atoms in total. The van der Waals surface area contributed by atoms with E-state index in [0.29, 0.717) is 11.6 Å². The van der Waals surface area contributed by atoms with E-state index in [2.05, 4.69) is 16.3 Å². The van der Waals surface area contributed by atoms with E-state index in [1.165, 1.54) is 10.4 Å². The van der Waals surface area contributed by atoms with Crippen LogP contribution in [-0.4, -0.2) is 41.5 Å². The lowest BCUT2D eigenvalue weighted by Crippen LogP contribution is -2.38. The van der Waals surface area contributed by atoms with Gasteiger partial charge in [-0.1, -0.05) is 29.8 Å². The molecule has 2 aromatic rings. The van der Waals surface area contributed by atoms with Gasteiger partial charge in [-0.2, -0.15) is 8.42 Å². The van der Waals surface area contributed by atoms with Gasteiger partial charge in [0, 0.05) is 23.0 Å². The number of rotatable bonds is 4. The van der Waals surface area contributed by atoms with E-state index < -0.39 is 16.4 Å². The van der Waals surface area contributed by atoms with Gasteiger partial charge in [-0.05, 0) is 42.0 Å². The third kappa shape index (κ3) is 6.56. The summed E-state index contributed by atoms with van der Waals surface area (Å²) in [4.78, 5) is 16.1. The fraction of sp³-hybridized carbons (Fsp3) is 0.353. The van der Waals surface area contributed by atoms with Crippen LogP contribution in [-0.2, 0) is 32.9 Å². The van der Waals surface area contributed by atoms with Crippen LogP contribution < -0.4 is 0 Å². The maximum atomic E-state index is 12.5. The number of halogens is 1. The molecule has 0 amide bonds. The highest BCUT2D eigenvalue weighted by Crippen LogP contribution is 2.34. The van der Waals surface area contributed by atoms with Gasteiger partial charge in [0.2, 0.25) is 0 Å². The zero-order chi connectivity index (χ0) is 20.0. The maximum absolute atomic E-state index is 12.5. The van der Waals surface area contributed by atoms with Crippen molar-refractivity contribution in [1.29, 1.82) is 0 Å². The average Bonchev–Trinajstić information content (AvgIpc) is 3.03. The molecule has 1 aromatic heterocycles. The zero-order valence-electron chi connectivity index (χ0n) is 14.5. The number of thiophene rings is 1. The minimum absolute atomic E-state index is 0.228. The molecule has 148 valence electrons. The molecule has 3 rings (SSSR count). The Balaban J connectivity index is 0.000000465. The summed E-state index contributed by atoms with van der Waals surface area (Å²) in [7, 11) is -4.67. The molecule has 1 aromatic carbocycles. The first-order valence-corrected chi connectivity index (χ1v) is 10.8. The fourth-order valence-electron chi connectivity index (χ4n) is 2.88. The predicted molar refractivity (Wildman–Crippen MR) is 103 cm³/mol. The smallest absolute Gasteiger partial charge is 0.394 e. The number of esters is 1. The Morgan fingerprint density at radius 3 is 2.63 bits per heavy atom. The van der Waals surface area contributed by atoms with Crippen molar-refractivity contribution in [2.75, 3.05) is 13.2 Å². The normalized spacial score (nSPS) is 15.3. The lowest BCUT2D eigenvalue weighted by Gasteiger charge is -2.33. The van der Waals surface area contributed by atoms with Crippen LogP contribution in [0.4, 0.5) is 0 Å². The SMILES string of the molecule is CCOC(=O)[C@H](c1ccccc1Cl)N1CCc2sccc2C1.O=S(=O)(O)O. The molecule has 1 atom stereocenters. The Hall–Kier alpha value is -1.49. The van der Waals surface area contributed by atoms with Gasteiger partial charge in [-0.15, -0.1) is 11.3 Å². The topological polar surface area (TPSA) is 104 Å². The molecule has 1 aliphatic heterocycles. The molecule has 0 spiro atoms. The monoisotopic (exact) mass is 433 g/mol. The number of carbonyl (C=O) groups excluding carboxylic acids is 1.